The average molecular weight is 312 g/mol. The van der Waals surface area contributed by atoms with Gasteiger partial charge in [0, 0.05) is 25.6 Å². The second-order valence-electron chi connectivity index (χ2n) is 7.53. The van der Waals surface area contributed by atoms with Gasteiger partial charge in [-0.1, -0.05) is 0 Å². The normalized spacial score (nSPS) is 28.4. The third kappa shape index (κ3) is 4.87. The lowest BCUT2D eigenvalue weighted by molar-refractivity contribution is -0.137. The number of carbonyl (C=O) groups excluding carboxylic acids is 1. The molecule has 1 saturated carbocycles. The largest absolute Gasteiger partial charge is 0.481 e. The van der Waals surface area contributed by atoms with E-state index < -0.39 is 11.6 Å². The molecule has 6 nitrogen and oxygen atoms in total. The highest BCUT2D eigenvalue weighted by Crippen LogP contribution is 2.37. The van der Waals surface area contributed by atoms with E-state index in [4.69, 9.17) is 9.84 Å². The number of alkyl carbamates (subject to hydrolysis) is 1. The van der Waals surface area contributed by atoms with E-state index in [0.717, 1.165) is 32.5 Å². The third-order valence-electron chi connectivity index (χ3n) is 4.46. The van der Waals surface area contributed by atoms with Crippen molar-refractivity contribution in [3.63, 3.8) is 0 Å². The summed E-state index contributed by atoms with van der Waals surface area (Å²) in [7, 11) is 0. The van der Waals surface area contributed by atoms with E-state index >= 15 is 0 Å². The number of carboxylic acids is 1. The molecule has 0 aromatic carbocycles. The van der Waals surface area contributed by atoms with Crippen LogP contribution < -0.4 is 5.32 Å². The van der Waals surface area contributed by atoms with E-state index in [9.17, 15) is 9.59 Å². The van der Waals surface area contributed by atoms with Crippen molar-refractivity contribution in [2.45, 2.75) is 58.1 Å². The number of fused-ring (bicyclic) bond motifs is 2. The summed E-state index contributed by atoms with van der Waals surface area (Å²) in [5.41, 5.74) is -0.472. The summed E-state index contributed by atoms with van der Waals surface area (Å²) in [5.74, 6) is 0.177. The summed E-state index contributed by atoms with van der Waals surface area (Å²) in [6.07, 6.45) is 2.85. The number of nitrogens with zero attached hydrogens (tertiary/aromatic N) is 1. The minimum Gasteiger partial charge on any atom is -0.481 e. The van der Waals surface area contributed by atoms with Crippen molar-refractivity contribution in [2.75, 3.05) is 19.6 Å². The molecule has 0 spiro atoms. The molecule has 2 fully saturated rings. The van der Waals surface area contributed by atoms with Crippen LogP contribution in [0.4, 0.5) is 4.79 Å². The Labute approximate surface area is 132 Å². The van der Waals surface area contributed by atoms with Crippen LogP contribution in [0.1, 0.15) is 46.5 Å². The van der Waals surface area contributed by atoms with Gasteiger partial charge in [-0.3, -0.25) is 4.79 Å². The summed E-state index contributed by atoms with van der Waals surface area (Å²) in [6.45, 7) is 8.32. The van der Waals surface area contributed by atoms with Crippen molar-refractivity contribution < 1.29 is 19.4 Å². The Balaban J connectivity index is 1.80. The monoisotopic (exact) mass is 312 g/mol. The van der Waals surface area contributed by atoms with Crippen LogP contribution >= 0.6 is 0 Å². The van der Waals surface area contributed by atoms with Crippen molar-refractivity contribution >= 4 is 12.1 Å². The molecule has 2 bridgehead atoms. The van der Waals surface area contributed by atoms with Crippen LogP contribution in [0.25, 0.3) is 0 Å². The lowest BCUT2D eigenvalue weighted by atomic mass is 9.92. The maximum absolute atomic E-state index is 12.0. The van der Waals surface area contributed by atoms with Crippen LogP contribution in [-0.4, -0.2) is 53.3 Å². The van der Waals surface area contributed by atoms with Crippen molar-refractivity contribution in [2.24, 2.45) is 11.8 Å². The van der Waals surface area contributed by atoms with Crippen LogP contribution in [0.5, 0.6) is 0 Å². The zero-order chi connectivity index (χ0) is 16.3. The van der Waals surface area contributed by atoms with E-state index in [1.54, 1.807) is 0 Å². The fraction of sp³-hybridized carbons (Fsp3) is 0.875. The first-order valence-electron chi connectivity index (χ1n) is 8.18. The van der Waals surface area contributed by atoms with Gasteiger partial charge in [0.25, 0.3) is 0 Å². The summed E-state index contributed by atoms with van der Waals surface area (Å²) < 4.78 is 5.35. The topological polar surface area (TPSA) is 78.9 Å². The molecule has 0 aromatic rings. The number of piperidine rings is 1. The number of amides is 1. The number of likely N-dealkylation sites (tertiary alicyclic amines) is 1. The maximum atomic E-state index is 12.0. The van der Waals surface area contributed by atoms with Crippen molar-refractivity contribution in [1.29, 1.82) is 0 Å². The smallest absolute Gasteiger partial charge is 0.407 e. The Hall–Kier alpha value is -1.30. The third-order valence-corrected chi connectivity index (χ3v) is 4.46. The predicted molar refractivity (Wildman–Crippen MR) is 82.7 cm³/mol. The van der Waals surface area contributed by atoms with Gasteiger partial charge in [-0.2, -0.15) is 0 Å². The Bertz CT molecular complexity index is 405. The lowest BCUT2D eigenvalue weighted by Gasteiger charge is -2.38. The number of carbonyl (C=O) groups is 2. The Morgan fingerprint density at radius 2 is 1.82 bits per heavy atom. The SMILES string of the molecule is CC(C)(C)OC(=O)NC1C2CCC1CN(CCCC(=O)O)C2. The lowest BCUT2D eigenvalue weighted by Crippen LogP contribution is -2.53. The molecule has 1 aliphatic heterocycles. The van der Waals surface area contributed by atoms with Gasteiger partial charge < -0.3 is 20.1 Å². The minimum absolute atomic E-state index is 0.200. The number of hydrogen-bond donors (Lipinski definition) is 2. The van der Waals surface area contributed by atoms with E-state index in [2.05, 4.69) is 10.2 Å². The molecule has 1 heterocycles. The average Bonchev–Trinajstić information content (AvgIpc) is 2.59. The molecule has 2 aliphatic rings. The Morgan fingerprint density at radius 3 is 2.32 bits per heavy atom. The zero-order valence-corrected chi connectivity index (χ0v) is 13.8. The fourth-order valence-corrected chi connectivity index (χ4v) is 3.64. The molecule has 1 amide bonds. The molecule has 2 N–H and O–H groups in total. The molecule has 2 unspecified atom stereocenters. The number of ether oxygens (including phenoxy) is 1. The molecular formula is C16H28N2O4. The quantitative estimate of drug-likeness (QED) is 0.812. The Kier molecular flexibility index (Phi) is 5.32. The number of aliphatic carboxylic acids is 1. The zero-order valence-electron chi connectivity index (χ0n) is 13.8. The van der Waals surface area contributed by atoms with Gasteiger partial charge in [-0.25, -0.2) is 4.79 Å². The standard InChI is InChI=1S/C16H28N2O4/c1-16(2,3)22-15(21)17-14-11-6-7-12(14)10-18(9-11)8-4-5-13(19)20/h11-12,14H,4-10H2,1-3H3,(H,17,21)(H,19,20). The van der Waals surface area contributed by atoms with Crippen LogP contribution in [0, 0.1) is 11.8 Å². The van der Waals surface area contributed by atoms with Crippen LogP contribution in [-0.2, 0) is 9.53 Å². The molecule has 2 rings (SSSR count). The van der Waals surface area contributed by atoms with Crippen molar-refractivity contribution in [1.82, 2.24) is 10.2 Å². The Morgan fingerprint density at radius 1 is 1.23 bits per heavy atom. The first kappa shape index (κ1) is 17.1. The van der Waals surface area contributed by atoms with Gasteiger partial charge in [0.05, 0.1) is 0 Å². The van der Waals surface area contributed by atoms with Gasteiger partial charge in [0.15, 0.2) is 0 Å². The summed E-state index contributed by atoms with van der Waals surface area (Å²) >= 11 is 0. The molecule has 22 heavy (non-hydrogen) atoms. The van der Waals surface area contributed by atoms with E-state index in [1.807, 2.05) is 20.8 Å². The molecule has 1 aliphatic carbocycles. The van der Waals surface area contributed by atoms with E-state index in [1.165, 1.54) is 0 Å². The molecular weight excluding hydrogens is 284 g/mol. The van der Waals surface area contributed by atoms with Crippen molar-refractivity contribution in [3.05, 3.63) is 0 Å². The first-order chi connectivity index (χ1) is 10.2. The number of carboxylic acid groups (broad SMARTS) is 1. The maximum Gasteiger partial charge on any atom is 0.407 e. The molecule has 6 heteroatoms. The minimum atomic E-state index is -0.732. The molecule has 2 atom stereocenters. The summed E-state index contributed by atoms with van der Waals surface area (Å²) in [6, 6.07) is 0.200. The number of rotatable bonds is 5. The van der Waals surface area contributed by atoms with Crippen molar-refractivity contribution in [3.8, 4) is 0 Å². The predicted octanol–water partition coefficient (Wildman–Crippen LogP) is 2.09. The van der Waals surface area contributed by atoms with Crippen LogP contribution in [0.2, 0.25) is 0 Å². The highest BCUT2D eigenvalue weighted by molar-refractivity contribution is 5.68. The molecule has 126 valence electrons. The molecule has 0 radical (unpaired) electrons. The van der Waals surface area contributed by atoms with Crippen LogP contribution in [0.3, 0.4) is 0 Å². The fourth-order valence-electron chi connectivity index (χ4n) is 3.64. The molecule has 1 saturated heterocycles. The van der Waals surface area contributed by atoms with Gasteiger partial charge in [-0.15, -0.1) is 0 Å². The van der Waals surface area contributed by atoms with Gasteiger partial charge in [-0.05, 0) is 58.4 Å². The highest BCUT2D eigenvalue weighted by Gasteiger charge is 2.42. The summed E-state index contributed by atoms with van der Waals surface area (Å²) in [5, 5.41) is 11.8. The van der Waals surface area contributed by atoms with Gasteiger partial charge >= 0.3 is 12.1 Å². The second kappa shape index (κ2) is 6.86. The van der Waals surface area contributed by atoms with Gasteiger partial charge in [0.1, 0.15) is 5.60 Å². The number of hydrogen-bond acceptors (Lipinski definition) is 4. The van der Waals surface area contributed by atoms with E-state index in [0.29, 0.717) is 18.3 Å². The highest BCUT2D eigenvalue weighted by atomic mass is 16.6. The first-order valence-corrected chi connectivity index (χ1v) is 8.18. The second-order valence-corrected chi connectivity index (χ2v) is 7.53. The molecule has 0 aromatic heterocycles. The van der Waals surface area contributed by atoms with Gasteiger partial charge in [0.2, 0.25) is 0 Å². The summed E-state index contributed by atoms with van der Waals surface area (Å²) in [4.78, 5) is 24.9. The van der Waals surface area contributed by atoms with E-state index in [-0.39, 0.29) is 18.6 Å². The number of nitrogens with one attached hydrogen (secondary N) is 1. The van der Waals surface area contributed by atoms with Crippen LogP contribution in [0.15, 0.2) is 0 Å².